The van der Waals surface area contributed by atoms with Crippen molar-refractivity contribution in [3.8, 4) is 0 Å². The van der Waals surface area contributed by atoms with Crippen LogP contribution in [0.4, 0.5) is 0 Å². The Morgan fingerprint density at radius 2 is 2.24 bits per heavy atom. The molecule has 2 unspecified atom stereocenters. The Bertz CT molecular complexity index is 330. The van der Waals surface area contributed by atoms with Crippen molar-refractivity contribution in [2.24, 2.45) is 5.92 Å². The van der Waals surface area contributed by atoms with Crippen LogP contribution in [0.2, 0.25) is 0 Å². The quantitative estimate of drug-likeness (QED) is 0.733. The molecule has 17 heavy (non-hydrogen) atoms. The number of hydrogen-bond donors (Lipinski definition) is 2. The first kappa shape index (κ1) is 14.9. The van der Waals surface area contributed by atoms with Crippen LogP contribution in [0, 0.1) is 5.92 Å². The van der Waals surface area contributed by atoms with Crippen molar-refractivity contribution in [1.29, 1.82) is 0 Å². The molecule has 0 spiro atoms. The van der Waals surface area contributed by atoms with E-state index in [1.54, 1.807) is 0 Å². The molecule has 0 aromatic carbocycles. The Hall–Kier alpha value is -0.170. The molecule has 0 aromatic heterocycles. The van der Waals surface area contributed by atoms with Crippen molar-refractivity contribution in [3.63, 3.8) is 0 Å². The van der Waals surface area contributed by atoms with Gasteiger partial charge in [-0.2, -0.15) is 0 Å². The van der Waals surface area contributed by atoms with Gasteiger partial charge in [0.05, 0.1) is 24.5 Å². The van der Waals surface area contributed by atoms with Crippen LogP contribution in [0.5, 0.6) is 0 Å². The standard InChI is InChI=1S/C11H23NO4S/c1-10-4-3-5-11(8-10,9-13)12-17(14,15)7-6-16-2/h10,12-13H,3-9H2,1-2H3. The predicted octanol–water partition coefficient (Wildman–Crippen LogP) is 0.493. The van der Waals surface area contributed by atoms with Crippen LogP contribution in [0.25, 0.3) is 0 Å². The van der Waals surface area contributed by atoms with Gasteiger partial charge in [0.15, 0.2) is 0 Å². The first-order valence-corrected chi connectivity index (χ1v) is 7.70. The molecule has 1 aliphatic rings. The van der Waals surface area contributed by atoms with Crippen LogP contribution in [0.3, 0.4) is 0 Å². The number of rotatable bonds is 6. The topological polar surface area (TPSA) is 75.6 Å². The Balaban J connectivity index is 2.68. The summed E-state index contributed by atoms with van der Waals surface area (Å²) in [5.41, 5.74) is -0.662. The van der Waals surface area contributed by atoms with Crippen LogP contribution in [-0.4, -0.2) is 45.1 Å². The van der Waals surface area contributed by atoms with Gasteiger partial charge in [0, 0.05) is 7.11 Å². The highest BCUT2D eigenvalue weighted by molar-refractivity contribution is 7.89. The van der Waals surface area contributed by atoms with Crippen molar-refractivity contribution in [2.75, 3.05) is 26.1 Å². The van der Waals surface area contributed by atoms with Crippen LogP contribution in [0.15, 0.2) is 0 Å². The lowest BCUT2D eigenvalue weighted by molar-refractivity contribution is 0.119. The smallest absolute Gasteiger partial charge is 0.214 e. The van der Waals surface area contributed by atoms with E-state index in [0.29, 0.717) is 18.8 Å². The van der Waals surface area contributed by atoms with Crippen molar-refractivity contribution >= 4 is 10.0 Å². The SMILES string of the molecule is COCCS(=O)(=O)NC1(CO)CCCC(C)C1. The zero-order chi connectivity index (χ0) is 12.9. The van der Waals surface area contributed by atoms with Crippen LogP contribution in [-0.2, 0) is 14.8 Å². The summed E-state index contributed by atoms with van der Waals surface area (Å²) in [4.78, 5) is 0. The summed E-state index contributed by atoms with van der Waals surface area (Å²) < 4.78 is 31.1. The summed E-state index contributed by atoms with van der Waals surface area (Å²) in [6.07, 6.45) is 3.46. The van der Waals surface area contributed by atoms with Gasteiger partial charge in [-0.1, -0.05) is 19.8 Å². The Morgan fingerprint density at radius 3 is 2.76 bits per heavy atom. The van der Waals surface area contributed by atoms with Gasteiger partial charge in [-0.25, -0.2) is 13.1 Å². The third-order valence-corrected chi connectivity index (χ3v) is 4.77. The van der Waals surface area contributed by atoms with Crippen molar-refractivity contribution in [2.45, 2.75) is 38.1 Å². The number of aliphatic hydroxyl groups is 1. The number of nitrogens with one attached hydrogen (secondary N) is 1. The highest BCUT2D eigenvalue weighted by atomic mass is 32.2. The Kier molecular flexibility index (Phi) is 5.37. The zero-order valence-electron chi connectivity index (χ0n) is 10.6. The average Bonchev–Trinajstić information content (AvgIpc) is 2.26. The van der Waals surface area contributed by atoms with E-state index in [4.69, 9.17) is 4.74 Å². The summed E-state index contributed by atoms with van der Waals surface area (Å²) >= 11 is 0. The zero-order valence-corrected chi connectivity index (χ0v) is 11.4. The van der Waals surface area contributed by atoms with Crippen LogP contribution < -0.4 is 4.72 Å². The molecule has 5 nitrogen and oxygen atoms in total. The molecule has 1 fully saturated rings. The molecule has 102 valence electrons. The van der Waals surface area contributed by atoms with E-state index in [-0.39, 0.29) is 19.0 Å². The number of sulfonamides is 1. The Morgan fingerprint density at radius 1 is 1.53 bits per heavy atom. The van der Waals surface area contributed by atoms with Crippen molar-refractivity contribution < 1.29 is 18.3 Å². The Labute approximate surface area is 104 Å². The molecule has 2 N–H and O–H groups in total. The molecular weight excluding hydrogens is 242 g/mol. The summed E-state index contributed by atoms with van der Waals surface area (Å²) in [5.74, 6) is 0.389. The fourth-order valence-corrected chi connectivity index (χ4v) is 3.90. The number of ether oxygens (including phenoxy) is 1. The normalized spacial score (nSPS) is 30.4. The first-order chi connectivity index (χ1) is 7.93. The third-order valence-electron chi connectivity index (χ3n) is 3.32. The van der Waals surface area contributed by atoms with Gasteiger partial charge in [-0.15, -0.1) is 0 Å². The molecule has 0 aliphatic heterocycles. The van der Waals surface area contributed by atoms with Crippen molar-refractivity contribution in [1.82, 2.24) is 4.72 Å². The highest BCUT2D eigenvalue weighted by Gasteiger charge is 2.37. The second kappa shape index (κ2) is 6.13. The fourth-order valence-electron chi connectivity index (χ4n) is 2.50. The van der Waals surface area contributed by atoms with Gasteiger partial charge in [0.1, 0.15) is 0 Å². The lowest BCUT2D eigenvalue weighted by Crippen LogP contribution is -2.54. The number of methoxy groups -OCH3 is 1. The summed E-state index contributed by atoms with van der Waals surface area (Å²) in [7, 11) is -1.90. The lowest BCUT2D eigenvalue weighted by atomic mass is 9.78. The maximum atomic E-state index is 11.8. The third kappa shape index (κ3) is 4.54. The van der Waals surface area contributed by atoms with Gasteiger partial charge in [0.25, 0.3) is 0 Å². The molecule has 1 aliphatic carbocycles. The largest absolute Gasteiger partial charge is 0.394 e. The minimum Gasteiger partial charge on any atom is -0.394 e. The second-order valence-electron chi connectivity index (χ2n) is 5.05. The van der Waals surface area contributed by atoms with E-state index in [1.165, 1.54) is 7.11 Å². The van der Waals surface area contributed by atoms with E-state index in [1.807, 2.05) is 0 Å². The van der Waals surface area contributed by atoms with E-state index < -0.39 is 15.6 Å². The molecule has 1 saturated carbocycles. The van der Waals surface area contributed by atoms with Gasteiger partial charge >= 0.3 is 0 Å². The second-order valence-corrected chi connectivity index (χ2v) is 6.90. The highest BCUT2D eigenvalue weighted by Crippen LogP contribution is 2.32. The minimum atomic E-state index is -3.37. The molecular formula is C11H23NO4S. The molecule has 0 heterocycles. The number of hydrogen-bond acceptors (Lipinski definition) is 4. The maximum absolute atomic E-state index is 11.8. The van der Waals surface area contributed by atoms with E-state index in [0.717, 1.165) is 12.8 Å². The monoisotopic (exact) mass is 265 g/mol. The predicted molar refractivity (Wildman–Crippen MR) is 66.2 cm³/mol. The van der Waals surface area contributed by atoms with Gasteiger partial charge in [-0.05, 0) is 18.8 Å². The van der Waals surface area contributed by atoms with Gasteiger partial charge < -0.3 is 9.84 Å². The summed E-state index contributed by atoms with van der Waals surface area (Å²) in [5, 5.41) is 9.49. The molecule has 0 amide bonds. The van der Waals surface area contributed by atoms with E-state index in [9.17, 15) is 13.5 Å². The summed E-state index contributed by atoms with van der Waals surface area (Å²) in [6, 6.07) is 0. The minimum absolute atomic E-state index is 0.0559. The lowest BCUT2D eigenvalue weighted by Gasteiger charge is -2.38. The van der Waals surface area contributed by atoms with Crippen LogP contribution in [0.1, 0.15) is 32.6 Å². The van der Waals surface area contributed by atoms with Crippen molar-refractivity contribution in [3.05, 3.63) is 0 Å². The molecule has 2 atom stereocenters. The molecule has 6 heteroatoms. The van der Waals surface area contributed by atoms with Crippen LogP contribution >= 0.6 is 0 Å². The van der Waals surface area contributed by atoms with Gasteiger partial charge in [-0.3, -0.25) is 0 Å². The molecule has 0 radical (unpaired) electrons. The summed E-state index contributed by atoms with van der Waals surface area (Å²) in [6.45, 7) is 2.13. The average molecular weight is 265 g/mol. The molecule has 0 aromatic rings. The molecule has 0 saturated heterocycles. The molecule has 1 rings (SSSR count). The fraction of sp³-hybridized carbons (Fsp3) is 1.00. The maximum Gasteiger partial charge on any atom is 0.214 e. The molecule has 0 bridgehead atoms. The number of aliphatic hydroxyl groups excluding tert-OH is 1. The van der Waals surface area contributed by atoms with Gasteiger partial charge in [0.2, 0.25) is 10.0 Å². The van der Waals surface area contributed by atoms with E-state index in [2.05, 4.69) is 11.6 Å². The van der Waals surface area contributed by atoms with E-state index >= 15 is 0 Å². The first-order valence-electron chi connectivity index (χ1n) is 6.04.